The highest BCUT2D eigenvalue weighted by molar-refractivity contribution is 5.84. The average molecular weight is 126 g/mol. The first-order valence-electron chi connectivity index (χ1n) is 3.46. The van der Waals surface area contributed by atoms with Crippen molar-refractivity contribution in [3.8, 4) is 0 Å². The second-order valence-electron chi connectivity index (χ2n) is 2.40. The van der Waals surface area contributed by atoms with Gasteiger partial charge >= 0.3 is 0 Å². The molecule has 0 atom stereocenters. The van der Waals surface area contributed by atoms with Crippen molar-refractivity contribution in [3.63, 3.8) is 0 Å². The van der Waals surface area contributed by atoms with Gasteiger partial charge in [0.2, 0.25) is 5.91 Å². The topological polar surface area (TPSA) is 29.1 Å². The first-order valence-corrected chi connectivity index (χ1v) is 3.46. The Hall–Kier alpha value is -0.530. The molecular weight excluding hydrogens is 114 g/mol. The number of carbonyl (C=O) groups is 1. The summed E-state index contributed by atoms with van der Waals surface area (Å²) in [5.41, 5.74) is 0. The van der Waals surface area contributed by atoms with Gasteiger partial charge in [-0.3, -0.25) is 4.79 Å². The predicted octanol–water partition coefficient (Wildman–Crippen LogP) is 0.879. The highest BCUT2D eigenvalue weighted by atomic mass is 16.1. The smallest absolute Gasteiger partial charge is 0.224 e. The summed E-state index contributed by atoms with van der Waals surface area (Å²) < 4.78 is 0. The van der Waals surface area contributed by atoms with Gasteiger partial charge in [0.05, 0.1) is 0 Å². The van der Waals surface area contributed by atoms with E-state index in [1.165, 1.54) is 12.8 Å². The Morgan fingerprint density at radius 1 is 1.78 bits per heavy atom. The Bertz CT molecular complexity index is 107. The molecule has 0 spiro atoms. The third kappa shape index (κ3) is 2.49. The second kappa shape index (κ2) is 2.85. The number of rotatable bonds is 3. The molecule has 1 saturated carbocycles. The number of nitrogens with one attached hydrogen (secondary N) is 1. The van der Waals surface area contributed by atoms with Crippen LogP contribution < -0.4 is 5.32 Å². The zero-order valence-electron chi connectivity index (χ0n) is 5.68. The molecule has 1 aliphatic carbocycles. The monoisotopic (exact) mass is 126 g/mol. The lowest BCUT2D eigenvalue weighted by Gasteiger charge is -1.98. The summed E-state index contributed by atoms with van der Waals surface area (Å²) in [5, 5.41) is 2.86. The molecule has 0 heterocycles. The minimum atomic E-state index is 0.0972. The Morgan fingerprint density at radius 3 is 2.89 bits per heavy atom. The molecule has 0 bridgehead atoms. The molecule has 0 unspecified atom stereocenters. The van der Waals surface area contributed by atoms with Crippen molar-refractivity contribution in [2.45, 2.75) is 32.2 Å². The van der Waals surface area contributed by atoms with Crippen LogP contribution in [0.4, 0.5) is 0 Å². The Labute approximate surface area is 55.6 Å². The first-order chi connectivity index (χ1) is 4.33. The maximum Gasteiger partial charge on any atom is 0.224 e. The van der Waals surface area contributed by atoms with Crippen LogP contribution in [-0.4, -0.2) is 11.9 Å². The quantitative estimate of drug-likeness (QED) is 0.597. The van der Waals surface area contributed by atoms with Gasteiger partial charge in [0.1, 0.15) is 0 Å². The van der Waals surface area contributed by atoms with Gasteiger partial charge in [0, 0.05) is 12.5 Å². The summed E-state index contributed by atoms with van der Waals surface area (Å²) in [7, 11) is 0. The molecule has 1 amide bonds. The van der Waals surface area contributed by atoms with Gasteiger partial charge in [0.25, 0.3) is 0 Å². The van der Waals surface area contributed by atoms with Crippen LogP contribution in [0.15, 0.2) is 0 Å². The highest BCUT2D eigenvalue weighted by Crippen LogP contribution is 2.18. The minimum Gasteiger partial charge on any atom is -0.353 e. The van der Waals surface area contributed by atoms with E-state index < -0.39 is 0 Å². The van der Waals surface area contributed by atoms with Crippen molar-refractivity contribution in [3.05, 3.63) is 6.42 Å². The molecule has 0 aromatic rings. The molecule has 0 aromatic heterocycles. The van der Waals surface area contributed by atoms with Gasteiger partial charge in [-0.25, -0.2) is 0 Å². The van der Waals surface area contributed by atoms with Crippen molar-refractivity contribution in [2.24, 2.45) is 0 Å². The van der Waals surface area contributed by atoms with Crippen LogP contribution in [0.1, 0.15) is 26.2 Å². The number of amides is 1. The Morgan fingerprint density at radius 2 is 2.44 bits per heavy atom. The molecule has 9 heavy (non-hydrogen) atoms. The van der Waals surface area contributed by atoms with Gasteiger partial charge in [-0.1, -0.05) is 6.92 Å². The molecule has 2 nitrogen and oxygen atoms in total. The van der Waals surface area contributed by atoms with Crippen molar-refractivity contribution in [1.82, 2.24) is 5.32 Å². The maximum atomic E-state index is 10.7. The van der Waals surface area contributed by atoms with Gasteiger partial charge < -0.3 is 5.32 Å². The fourth-order valence-electron chi connectivity index (χ4n) is 0.673. The lowest BCUT2D eigenvalue weighted by atomic mass is 10.3. The van der Waals surface area contributed by atoms with E-state index in [9.17, 15) is 4.79 Å². The third-order valence-corrected chi connectivity index (χ3v) is 1.31. The van der Waals surface area contributed by atoms with Crippen molar-refractivity contribution in [2.75, 3.05) is 0 Å². The van der Waals surface area contributed by atoms with E-state index in [0.717, 1.165) is 6.42 Å². The van der Waals surface area contributed by atoms with E-state index in [-0.39, 0.29) is 5.91 Å². The van der Waals surface area contributed by atoms with E-state index in [0.29, 0.717) is 6.04 Å². The van der Waals surface area contributed by atoms with Gasteiger partial charge in [-0.05, 0) is 19.3 Å². The fraction of sp³-hybridized carbons (Fsp3) is 0.714. The number of hydrogen-bond donors (Lipinski definition) is 1. The fourth-order valence-corrected chi connectivity index (χ4v) is 0.673. The zero-order chi connectivity index (χ0) is 6.69. The van der Waals surface area contributed by atoms with Gasteiger partial charge in [-0.15, -0.1) is 0 Å². The molecule has 1 radical (unpaired) electrons. The van der Waals surface area contributed by atoms with E-state index in [1.807, 2.05) is 6.92 Å². The zero-order valence-corrected chi connectivity index (χ0v) is 5.68. The molecule has 1 aliphatic rings. The van der Waals surface area contributed by atoms with Crippen LogP contribution in [0, 0.1) is 6.42 Å². The highest BCUT2D eigenvalue weighted by Gasteiger charge is 2.22. The van der Waals surface area contributed by atoms with Crippen LogP contribution in [-0.2, 0) is 4.79 Å². The number of hydrogen-bond acceptors (Lipinski definition) is 1. The largest absolute Gasteiger partial charge is 0.353 e. The summed E-state index contributed by atoms with van der Waals surface area (Å²) in [6, 6.07) is 0.500. The SMILES string of the molecule is CC[CH]C(=O)NC1CC1. The molecule has 0 saturated heterocycles. The van der Waals surface area contributed by atoms with Crippen molar-refractivity contribution in [1.29, 1.82) is 0 Å². The molecule has 0 aromatic carbocycles. The average Bonchev–Trinajstić information content (AvgIpc) is 2.50. The first kappa shape index (κ1) is 6.59. The summed E-state index contributed by atoms with van der Waals surface area (Å²) in [4.78, 5) is 10.7. The molecule has 1 rings (SSSR count). The molecule has 1 fully saturated rings. The molecule has 51 valence electrons. The van der Waals surface area contributed by atoms with Gasteiger partial charge in [0.15, 0.2) is 0 Å². The molecule has 0 aliphatic heterocycles. The third-order valence-electron chi connectivity index (χ3n) is 1.31. The standard InChI is InChI=1S/C7H12NO/c1-2-3-7(9)8-6-4-5-6/h3,6H,2,4-5H2,1H3,(H,8,9). The van der Waals surface area contributed by atoms with Crippen LogP contribution in [0.2, 0.25) is 0 Å². The Kier molecular flexibility index (Phi) is 2.09. The normalized spacial score (nSPS) is 17.4. The van der Waals surface area contributed by atoms with Crippen LogP contribution in [0.3, 0.4) is 0 Å². The van der Waals surface area contributed by atoms with E-state index in [1.54, 1.807) is 6.42 Å². The second-order valence-corrected chi connectivity index (χ2v) is 2.40. The van der Waals surface area contributed by atoms with Crippen molar-refractivity contribution >= 4 is 5.91 Å². The van der Waals surface area contributed by atoms with E-state index in [2.05, 4.69) is 5.32 Å². The van der Waals surface area contributed by atoms with E-state index >= 15 is 0 Å². The molecular formula is C7H12NO. The minimum absolute atomic E-state index is 0.0972. The lowest BCUT2D eigenvalue weighted by Crippen LogP contribution is -2.25. The summed E-state index contributed by atoms with van der Waals surface area (Å²) >= 11 is 0. The Balaban J connectivity index is 2.02. The van der Waals surface area contributed by atoms with Crippen LogP contribution in [0.5, 0.6) is 0 Å². The van der Waals surface area contributed by atoms with Crippen LogP contribution in [0.25, 0.3) is 0 Å². The van der Waals surface area contributed by atoms with E-state index in [4.69, 9.17) is 0 Å². The molecule has 2 heteroatoms. The van der Waals surface area contributed by atoms with Gasteiger partial charge in [-0.2, -0.15) is 0 Å². The summed E-state index contributed by atoms with van der Waals surface area (Å²) in [5.74, 6) is 0.0972. The summed E-state index contributed by atoms with van der Waals surface area (Å²) in [6.07, 6.45) is 4.85. The number of carbonyl (C=O) groups excluding carboxylic acids is 1. The molecule has 1 N–H and O–H groups in total. The maximum absolute atomic E-state index is 10.7. The lowest BCUT2D eigenvalue weighted by molar-refractivity contribution is -0.118. The predicted molar refractivity (Wildman–Crippen MR) is 35.8 cm³/mol. The summed E-state index contributed by atoms with van der Waals surface area (Å²) in [6.45, 7) is 1.96. The van der Waals surface area contributed by atoms with Crippen molar-refractivity contribution < 1.29 is 4.79 Å². The van der Waals surface area contributed by atoms with Crippen LogP contribution >= 0.6 is 0 Å².